The molecule has 1 N–H and O–H groups in total. The van der Waals surface area contributed by atoms with Crippen molar-refractivity contribution in [2.45, 2.75) is 62.3 Å². The van der Waals surface area contributed by atoms with Crippen LogP contribution in [0.4, 0.5) is 5.69 Å². The Morgan fingerprint density at radius 2 is 1.52 bits per heavy atom. The molecule has 6 unspecified atom stereocenters. The number of carbonyl (C=O) groups is 4. The molecule has 0 spiro atoms. The Morgan fingerprint density at radius 3 is 2.30 bits per heavy atom. The highest BCUT2D eigenvalue weighted by Gasteiger charge is 2.70. The van der Waals surface area contributed by atoms with Crippen molar-refractivity contribution in [1.29, 1.82) is 0 Å². The minimum absolute atomic E-state index is 0.0190. The van der Waals surface area contributed by atoms with Gasteiger partial charge in [0.05, 0.1) is 28.9 Å². The molecule has 0 aromatic heterocycles. The van der Waals surface area contributed by atoms with Gasteiger partial charge in [0.1, 0.15) is 5.75 Å². The molecule has 0 bridgehead atoms. The number of phenolic OH excluding ortho intramolecular Hbond substituents is 1. The third-order valence-electron chi connectivity index (χ3n) is 12.4. The van der Waals surface area contributed by atoms with Crippen molar-refractivity contribution in [2.24, 2.45) is 23.7 Å². The Labute approximate surface area is 295 Å². The Balaban J connectivity index is 1.31. The fourth-order valence-electron chi connectivity index (χ4n) is 10.4. The smallest absolute Gasteiger partial charge is 0.246 e. The van der Waals surface area contributed by atoms with Gasteiger partial charge < -0.3 is 5.11 Å². The first-order valence-corrected chi connectivity index (χ1v) is 18.2. The Bertz CT molecular complexity index is 2120. The summed E-state index contributed by atoms with van der Waals surface area (Å²) in [6.45, 7) is 0. The topological polar surface area (TPSA) is 95.0 Å². The zero-order valence-corrected chi connectivity index (χ0v) is 28.3. The van der Waals surface area contributed by atoms with Crippen molar-refractivity contribution < 1.29 is 24.3 Å². The predicted molar refractivity (Wildman–Crippen MR) is 190 cm³/mol. The van der Waals surface area contributed by atoms with Gasteiger partial charge in [0, 0.05) is 22.5 Å². The lowest BCUT2D eigenvalue weighted by atomic mass is 9.48. The highest BCUT2D eigenvalue weighted by molar-refractivity contribution is 6.32. The van der Waals surface area contributed by atoms with Gasteiger partial charge in [-0.05, 0) is 72.2 Å². The number of hydrogen-bond donors (Lipinski definition) is 1. The standard InChI is InChI=1S/C42H37ClN2O5/c43-26-13-9-16-28(22-26)45-39(48)33-23-32-30(19-20-31-35(32)40(49)44(38(31)47)27-14-5-2-6-15-27)37(42(33,41(45)50)25-11-3-1-4-12-25)36-29-17-8-7-10-24(29)18-21-34(36)46/h1,3-4,7-13,16-19,21-22,27,31-33,35,37,46H,2,5-6,14-15,20,23H2. The molecule has 4 aromatic rings. The molecular formula is C42H37ClN2O5. The first-order valence-electron chi connectivity index (χ1n) is 17.8. The summed E-state index contributed by atoms with van der Waals surface area (Å²) in [5.74, 6) is -4.31. The van der Waals surface area contributed by atoms with Crippen molar-refractivity contribution in [3.8, 4) is 5.75 Å². The second kappa shape index (κ2) is 11.7. The third kappa shape index (κ3) is 4.28. The molecule has 6 atom stereocenters. The molecule has 0 radical (unpaired) electrons. The van der Waals surface area contributed by atoms with Crippen molar-refractivity contribution in [1.82, 2.24) is 4.90 Å². The number of amides is 4. The van der Waals surface area contributed by atoms with E-state index >= 15 is 9.59 Å². The number of benzene rings is 4. The number of likely N-dealkylation sites (tertiary alicyclic amines) is 1. The van der Waals surface area contributed by atoms with Gasteiger partial charge in [-0.2, -0.15) is 0 Å². The van der Waals surface area contributed by atoms with Crippen LogP contribution in [-0.4, -0.2) is 39.7 Å². The van der Waals surface area contributed by atoms with Gasteiger partial charge in [-0.3, -0.25) is 24.1 Å². The minimum atomic E-state index is -1.45. The largest absolute Gasteiger partial charge is 0.508 e. The van der Waals surface area contributed by atoms with Crippen molar-refractivity contribution >= 4 is 51.7 Å². The average molecular weight is 685 g/mol. The van der Waals surface area contributed by atoms with E-state index in [4.69, 9.17) is 11.6 Å². The molecule has 2 heterocycles. The summed E-state index contributed by atoms with van der Waals surface area (Å²) in [6.07, 6.45) is 7.37. The lowest BCUT2D eigenvalue weighted by Gasteiger charge is -2.51. The van der Waals surface area contributed by atoms with Crippen LogP contribution in [0.15, 0.2) is 103 Å². The maximum absolute atomic E-state index is 15.5. The van der Waals surface area contributed by atoms with E-state index in [0.717, 1.165) is 48.4 Å². The maximum Gasteiger partial charge on any atom is 0.246 e. The first-order chi connectivity index (χ1) is 24.3. The molecule has 3 aliphatic carbocycles. The van der Waals surface area contributed by atoms with E-state index in [2.05, 4.69) is 6.08 Å². The van der Waals surface area contributed by atoms with Gasteiger partial charge >= 0.3 is 0 Å². The van der Waals surface area contributed by atoms with Gasteiger partial charge in [0.25, 0.3) is 0 Å². The van der Waals surface area contributed by atoms with E-state index in [-0.39, 0.29) is 35.9 Å². The van der Waals surface area contributed by atoms with E-state index in [1.165, 1.54) is 4.90 Å². The predicted octanol–water partition coefficient (Wildman–Crippen LogP) is 7.69. The highest BCUT2D eigenvalue weighted by atomic mass is 35.5. The molecule has 9 rings (SSSR count). The fraction of sp³-hybridized carbons (Fsp3) is 0.333. The Hall–Kier alpha value is -4.75. The zero-order chi connectivity index (χ0) is 34.3. The number of nitrogens with zero attached hydrogens (tertiary/aromatic N) is 2. The van der Waals surface area contributed by atoms with Crippen LogP contribution >= 0.6 is 11.6 Å². The molecule has 252 valence electrons. The maximum atomic E-state index is 15.5. The normalized spacial score (nSPS) is 29.6. The summed E-state index contributed by atoms with van der Waals surface area (Å²) in [6, 6.07) is 27.4. The number of rotatable bonds is 4. The average Bonchev–Trinajstić information content (AvgIpc) is 3.53. The van der Waals surface area contributed by atoms with Crippen LogP contribution in [0.25, 0.3) is 10.8 Å². The van der Waals surface area contributed by atoms with E-state index in [1.807, 2.05) is 60.7 Å². The number of phenols is 1. The number of fused-ring (bicyclic) bond motifs is 5. The summed E-state index contributed by atoms with van der Waals surface area (Å²) in [5, 5.41) is 14.0. The Kier molecular flexibility index (Phi) is 7.29. The third-order valence-corrected chi connectivity index (χ3v) is 12.6. The molecule has 4 aromatic carbocycles. The van der Waals surface area contributed by atoms with Gasteiger partial charge in [0.2, 0.25) is 23.6 Å². The number of halogens is 1. The van der Waals surface area contributed by atoms with Gasteiger partial charge in [-0.1, -0.05) is 109 Å². The monoisotopic (exact) mass is 684 g/mol. The zero-order valence-electron chi connectivity index (χ0n) is 27.5. The van der Waals surface area contributed by atoms with Crippen molar-refractivity contribution in [3.63, 3.8) is 0 Å². The lowest BCUT2D eigenvalue weighted by Crippen LogP contribution is -2.53. The molecule has 2 saturated carbocycles. The number of imide groups is 2. The second-order valence-electron chi connectivity index (χ2n) is 14.7. The quantitative estimate of drug-likeness (QED) is 0.176. The summed E-state index contributed by atoms with van der Waals surface area (Å²) < 4.78 is 0. The number of anilines is 1. The van der Waals surface area contributed by atoms with Crippen molar-refractivity contribution in [2.75, 3.05) is 4.90 Å². The fourth-order valence-corrected chi connectivity index (χ4v) is 10.6. The van der Waals surface area contributed by atoms with Crippen LogP contribution in [0, 0.1) is 23.7 Å². The number of aromatic hydroxyl groups is 1. The van der Waals surface area contributed by atoms with E-state index in [0.29, 0.717) is 28.3 Å². The Morgan fingerprint density at radius 1 is 0.760 bits per heavy atom. The van der Waals surface area contributed by atoms with E-state index in [1.54, 1.807) is 35.2 Å². The van der Waals surface area contributed by atoms with Crippen LogP contribution in [0.5, 0.6) is 5.75 Å². The number of allylic oxidation sites excluding steroid dienone is 2. The molecule has 8 heteroatoms. The minimum Gasteiger partial charge on any atom is -0.508 e. The van der Waals surface area contributed by atoms with Crippen LogP contribution < -0.4 is 4.90 Å². The van der Waals surface area contributed by atoms with Crippen LogP contribution in [0.2, 0.25) is 5.02 Å². The summed E-state index contributed by atoms with van der Waals surface area (Å²) in [5.41, 5.74) is 1.000. The first kappa shape index (κ1) is 31.2. The van der Waals surface area contributed by atoms with Gasteiger partial charge in [0.15, 0.2) is 0 Å². The SMILES string of the molecule is O=C1C2CC3C(=CCC4C(=O)N(C5CCCCC5)C(=O)C43)C(c3c(O)ccc4ccccc34)C2(c2ccccc2)C(=O)N1c1cccc(Cl)c1. The van der Waals surface area contributed by atoms with Crippen LogP contribution in [0.3, 0.4) is 0 Å². The number of carbonyl (C=O) groups excluding carboxylic acids is 4. The summed E-state index contributed by atoms with van der Waals surface area (Å²) in [7, 11) is 0. The molecule has 4 fully saturated rings. The molecular weight excluding hydrogens is 648 g/mol. The van der Waals surface area contributed by atoms with E-state index in [9.17, 15) is 14.7 Å². The summed E-state index contributed by atoms with van der Waals surface area (Å²) in [4.78, 5) is 62.0. The lowest BCUT2D eigenvalue weighted by molar-refractivity contribution is -0.143. The highest BCUT2D eigenvalue weighted by Crippen LogP contribution is 2.66. The summed E-state index contributed by atoms with van der Waals surface area (Å²) >= 11 is 6.44. The molecule has 2 aliphatic heterocycles. The molecule has 4 amide bonds. The molecule has 5 aliphatic rings. The van der Waals surface area contributed by atoms with Gasteiger partial charge in [-0.15, -0.1) is 0 Å². The molecule has 2 saturated heterocycles. The van der Waals surface area contributed by atoms with Crippen LogP contribution in [-0.2, 0) is 24.6 Å². The molecule has 7 nitrogen and oxygen atoms in total. The number of hydrogen-bond acceptors (Lipinski definition) is 5. The van der Waals surface area contributed by atoms with Crippen molar-refractivity contribution in [3.05, 3.63) is 119 Å². The molecule has 50 heavy (non-hydrogen) atoms. The van der Waals surface area contributed by atoms with Gasteiger partial charge in [-0.25, -0.2) is 4.90 Å². The van der Waals surface area contributed by atoms with E-state index < -0.39 is 40.9 Å². The second-order valence-corrected chi connectivity index (χ2v) is 15.1. The van der Waals surface area contributed by atoms with Crippen LogP contribution in [0.1, 0.15) is 62.0 Å².